The van der Waals surface area contributed by atoms with Crippen LogP contribution in [0.4, 0.5) is 0 Å². The molecule has 1 N–H and O–H groups in total. The second-order valence-corrected chi connectivity index (χ2v) is 9.88. The van der Waals surface area contributed by atoms with Gasteiger partial charge < -0.3 is 19.5 Å². The zero-order chi connectivity index (χ0) is 25.8. The molecule has 2 aromatic carbocycles. The summed E-state index contributed by atoms with van der Waals surface area (Å²) in [6.45, 7) is 8.56. The van der Waals surface area contributed by atoms with Crippen LogP contribution in [-0.2, 0) is 14.3 Å². The first-order valence-electron chi connectivity index (χ1n) is 12.3. The topological polar surface area (TPSA) is 79.3 Å². The van der Waals surface area contributed by atoms with Crippen molar-refractivity contribution in [2.75, 3.05) is 46.5 Å². The molecule has 0 unspecified atom stereocenters. The quantitative estimate of drug-likeness (QED) is 0.316. The minimum Gasteiger partial charge on any atom is -0.507 e. The number of morpholine rings is 1. The van der Waals surface area contributed by atoms with E-state index in [0.29, 0.717) is 48.4 Å². The number of carbonyl (C=O) groups excluding carboxylic acids is 2. The van der Waals surface area contributed by atoms with Crippen LogP contribution < -0.4 is 4.74 Å². The summed E-state index contributed by atoms with van der Waals surface area (Å²) in [5.74, 6) is -0.732. The molecule has 36 heavy (non-hydrogen) atoms. The summed E-state index contributed by atoms with van der Waals surface area (Å²) in [7, 11) is 1.50. The van der Waals surface area contributed by atoms with Crippen molar-refractivity contribution in [1.82, 2.24) is 9.80 Å². The largest absolute Gasteiger partial charge is 0.507 e. The summed E-state index contributed by atoms with van der Waals surface area (Å²) in [6.07, 6.45) is 0.710. The lowest BCUT2D eigenvalue weighted by Crippen LogP contribution is -2.38. The summed E-state index contributed by atoms with van der Waals surface area (Å²) in [6, 6.07) is 12.0. The Hall–Kier alpha value is -2.87. The molecule has 8 heteroatoms. The molecule has 1 amide bonds. The van der Waals surface area contributed by atoms with E-state index in [1.54, 1.807) is 23.1 Å². The Morgan fingerprint density at radius 3 is 2.42 bits per heavy atom. The Morgan fingerprint density at radius 2 is 1.81 bits per heavy atom. The van der Waals surface area contributed by atoms with Gasteiger partial charge in [0, 0.05) is 31.7 Å². The second kappa shape index (κ2) is 11.5. The lowest BCUT2D eigenvalue weighted by Gasteiger charge is -2.29. The van der Waals surface area contributed by atoms with Gasteiger partial charge in [-0.05, 0) is 41.7 Å². The molecule has 0 aromatic heterocycles. The highest BCUT2D eigenvalue weighted by Gasteiger charge is 2.45. The Bertz CT molecular complexity index is 1140. The lowest BCUT2D eigenvalue weighted by atomic mass is 9.93. The van der Waals surface area contributed by atoms with Gasteiger partial charge in [-0.2, -0.15) is 0 Å². The molecule has 2 fully saturated rings. The summed E-state index contributed by atoms with van der Waals surface area (Å²) in [5, 5.41) is 11.6. The number of hydrogen-bond donors (Lipinski definition) is 1. The number of hydrogen-bond acceptors (Lipinski definition) is 6. The van der Waals surface area contributed by atoms with Gasteiger partial charge in [0.1, 0.15) is 11.5 Å². The van der Waals surface area contributed by atoms with E-state index in [1.165, 1.54) is 7.11 Å². The standard InChI is InChI=1S/C28H33ClN2O5/c1-18(2)19-5-7-20(8-6-19)25-24(26(32)21-9-10-23(35-3)22(29)17-21)27(33)28(34)31(25)12-4-11-30-13-15-36-16-14-30/h5-10,17-18,25,32H,4,11-16H2,1-3H3/b26-24+/t25-/m1/s1. The predicted molar refractivity (Wildman–Crippen MR) is 139 cm³/mol. The van der Waals surface area contributed by atoms with Crippen molar-refractivity contribution in [2.45, 2.75) is 32.2 Å². The van der Waals surface area contributed by atoms with Crippen LogP contribution in [0.5, 0.6) is 5.75 Å². The fourth-order valence-corrected chi connectivity index (χ4v) is 5.04. The van der Waals surface area contributed by atoms with Crippen LogP contribution in [-0.4, -0.2) is 73.1 Å². The van der Waals surface area contributed by atoms with Gasteiger partial charge >= 0.3 is 0 Å². The van der Waals surface area contributed by atoms with E-state index >= 15 is 0 Å². The number of aliphatic hydroxyl groups excluding tert-OH is 1. The summed E-state index contributed by atoms with van der Waals surface area (Å²) in [4.78, 5) is 30.4. The first-order chi connectivity index (χ1) is 17.3. The number of rotatable bonds is 8. The average molecular weight is 513 g/mol. The highest BCUT2D eigenvalue weighted by molar-refractivity contribution is 6.46. The first-order valence-corrected chi connectivity index (χ1v) is 12.7. The predicted octanol–water partition coefficient (Wildman–Crippen LogP) is 4.62. The minimum atomic E-state index is -0.691. The normalized spacial score (nSPS) is 20.4. The Morgan fingerprint density at radius 1 is 1.11 bits per heavy atom. The third-order valence-electron chi connectivity index (χ3n) is 6.86. The van der Waals surface area contributed by atoms with E-state index in [0.717, 1.165) is 30.8 Å². The summed E-state index contributed by atoms with van der Waals surface area (Å²) < 4.78 is 10.6. The molecule has 7 nitrogen and oxygen atoms in total. The van der Waals surface area contributed by atoms with Gasteiger partial charge in [-0.1, -0.05) is 49.7 Å². The van der Waals surface area contributed by atoms with Crippen LogP contribution in [0, 0.1) is 0 Å². The molecule has 0 radical (unpaired) electrons. The van der Waals surface area contributed by atoms with E-state index in [9.17, 15) is 14.7 Å². The van der Waals surface area contributed by atoms with Crippen LogP contribution in [0.3, 0.4) is 0 Å². The number of ether oxygens (including phenoxy) is 2. The highest BCUT2D eigenvalue weighted by Crippen LogP contribution is 2.40. The molecule has 2 aromatic rings. The maximum absolute atomic E-state index is 13.3. The number of methoxy groups -OCH3 is 1. The Labute approximate surface area is 217 Å². The number of halogens is 1. The first kappa shape index (κ1) is 26.2. The smallest absolute Gasteiger partial charge is 0.295 e. The number of carbonyl (C=O) groups is 2. The van der Waals surface area contributed by atoms with E-state index in [-0.39, 0.29) is 11.3 Å². The molecular weight excluding hydrogens is 480 g/mol. The molecule has 2 saturated heterocycles. The van der Waals surface area contributed by atoms with E-state index in [4.69, 9.17) is 21.1 Å². The average Bonchev–Trinajstić information content (AvgIpc) is 3.14. The summed E-state index contributed by atoms with van der Waals surface area (Å²) >= 11 is 6.28. The van der Waals surface area contributed by atoms with Crippen LogP contribution >= 0.6 is 11.6 Å². The summed E-state index contributed by atoms with van der Waals surface area (Å²) in [5.41, 5.74) is 2.37. The molecule has 4 rings (SSSR count). The van der Waals surface area contributed by atoms with Crippen molar-refractivity contribution in [1.29, 1.82) is 0 Å². The zero-order valence-electron chi connectivity index (χ0n) is 21.0. The molecular formula is C28H33ClN2O5. The van der Waals surface area contributed by atoms with Crippen molar-refractivity contribution in [3.63, 3.8) is 0 Å². The van der Waals surface area contributed by atoms with Gasteiger partial charge in [0.25, 0.3) is 11.7 Å². The molecule has 1 atom stereocenters. The van der Waals surface area contributed by atoms with Crippen molar-refractivity contribution in [3.05, 3.63) is 69.8 Å². The number of amides is 1. The fourth-order valence-electron chi connectivity index (χ4n) is 4.78. The van der Waals surface area contributed by atoms with Gasteiger partial charge in [-0.25, -0.2) is 0 Å². The third-order valence-corrected chi connectivity index (χ3v) is 7.16. The molecule has 2 heterocycles. The number of likely N-dealkylation sites (tertiary alicyclic amines) is 1. The molecule has 192 valence electrons. The number of aliphatic hydroxyl groups is 1. The Balaban J connectivity index is 1.70. The molecule has 0 aliphatic carbocycles. The molecule has 2 aliphatic heterocycles. The number of ketones is 1. The van der Waals surface area contributed by atoms with E-state index < -0.39 is 17.7 Å². The molecule has 0 spiro atoms. The third kappa shape index (κ3) is 5.43. The van der Waals surface area contributed by atoms with Gasteiger partial charge in [-0.3, -0.25) is 14.5 Å². The molecule has 0 saturated carbocycles. The highest BCUT2D eigenvalue weighted by atomic mass is 35.5. The minimum absolute atomic E-state index is 0.0740. The van der Waals surface area contributed by atoms with Crippen molar-refractivity contribution < 1.29 is 24.2 Å². The van der Waals surface area contributed by atoms with Crippen LogP contribution in [0.2, 0.25) is 5.02 Å². The van der Waals surface area contributed by atoms with Gasteiger partial charge in [0.05, 0.1) is 37.0 Å². The van der Waals surface area contributed by atoms with E-state index in [2.05, 4.69) is 18.7 Å². The van der Waals surface area contributed by atoms with Gasteiger partial charge in [0.15, 0.2) is 0 Å². The maximum atomic E-state index is 13.3. The SMILES string of the molecule is COc1ccc(/C(O)=C2\C(=O)C(=O)N(CCCN3CCOCC3)[C@@H]2c2ccc(C(C)C)cc2)cc1Cl. The molecule has 2 aliphatic rings. The Kier molecular flexibility index (Phi) is 8.34. The number of nitrogens with zero attached hydrogens (tertiary/aromatic N) is 2. The lowest BCUT2D eigenvalue weighted by molar-refractivity contribution is -0.140. The number of benzene rings is 2. The van der Waals surface area contributed by atoms with Crippen molar-refractivity contribution in [2.24, 2.45) is 0 Å². The zero-order valence-corrected chi connectivity index (χ0v) is 21.8. The van der Waals surface area contributed by atoms with Crippen molar-refractivity contribution >= 4 is 29.1 Å². The molecule has 0 bridgehead atoms. The van der Waals surface area contributed by atoms with Crippen LogP contribution in [0.15, 0.2) is 48.0 Å². The number of Topliss-reactive ketones (excluding diaryl/α,β-unsaturated/α-hetero) is 1. The monoisotopic (exact) mass is 512 g/mol. The van der Waals surface area contributed by atoms with E-state index in [1.807, 2.05) is 24.3 Å². The van der Waals surface area contributed by atoms with Crippen LogP contribution in [0.1, 0.15) is 48.9 Å². The van der Waals surface area contributed by atoms with Gasteiger partial charge in [-0.15, -0.1) is 0 Å². The fraction of sp³-hybridized carbons (Fsp3) is 0.429. The van der Waals surface area contributed by atoms with Crippen molar-refractivity contribution in [3.8, 4) is 5.75 Å². The second-order valence-electron chi connectivity index (χ2n) is 9.47. The van der Waals surface area contributed by atoms with Gasteiger partial charge in [0.2, 0.25) is 0 Å². The maximum Gasteiger partial charge on any atom is 0.295 e. The van der Waals surface area contributed by atoms with Crippen LogP contribution in [0.25, 0.3) is 5.76 Å².